The van der Waals surface area contributed by atoms with Gasteiger partial charge < -0.3 is 20.7 Å². The second-order valence-corrected chi connectivity index (χ2v) is 6.97. The van der Waals surface area contributed by atoms with Gasteiger partial charge in [-0.3, -0.25) is 4.57 Å². The topological polar surface area (TPSA) is 128 Å². The summed E-state index contributed by atoms with van der Waals surface area (Å²) in [4.78, 5) is 20.6. The molecule has 1 aliphatic heterocycles. The fraction of sp³-hybridized carbons (Fsp3) is 0.667. The molecule has 2 aromatic rings. The van der Waals surface area contributed by atoms with Crippen molar-refractivity contribution in [2.75, 3.05) is 5.73 Å². The zero-order valence-electron chi connectivity index (χ0n) is 15.0. The number of aryl methyl sites for hydroxylation is 1. The van der Waals surface area contributed by atoms with Gasteiger partial charge in [-0.1, -0.05) is 24.9 Å². The number of nitrogens with two attached hydrogens (primary N) is 1. The number of alkyl halides is 4. The number of imidazole rings is 1. The number of unbranched alkanes of at least 4 members (excludes halogenated alkanes) is 1. The quantitative estimate of drug-likeness (QED) is 0.467. The van der Waals surface area contributed by atoms with Gasteiger partial charge in [0.1, 0.15) is 17.7 Å². The van der Waals surface area contributed by atoms with E-state index in [2.05, 4.69) is 9.97 Å². The van der Waals surface area contributed by atoms with Gasteiger partial charge in [-0.15, -0.1) is 0 Å². The van der Waals surface area contributed by atoms with Crippen molar-refractivity contribution in [1.82, 2.24) is 19.1 Å². The molecule has 1 aliphatic rings. The summed E-state index contributed by atoms with van der Waals surface area (Å²) in [5.74, 6) is -0.347. The molecule has 0 amide bonds. The number of fused-ring (bicyclic) bond motifs is 1. The molecule has 0 saturated carbocycles. The average molecular weight is 444 g/mol. The molecule has 14 heteroatoms. The van der Waals surface area contributed by atoms with Crippen LogP contribution in [0.3, 0.4) is 0 Å². The molecule has 0 radical (unpaired) electrons. The van der Waals surface area contributed by atoms with Gasteiger partial charge in [0.15, 0.2) is 29.3 Å². The lowest BCUT2D eigenvalue weighted by Crippen LogP contribution is -2.44. The van der Waals surface area contributed by atoms with Crippen molar-refractivity contribution in [2.24, 2.45) is 0 Å². The van der Waals surface area contributed by atoms with E-state index >= 15 is 0 Å². The van der Waals surface area contributed by atoms with E-state index in [1.54, 1.807) is 0 Å². The largest absolute Gasteiger partial charge is 0.417 e. The molecule has 4 N–H and O–H groups in total. The van der Waals surface area contributed by atoms with Crippen molar-refractivity contribution in [3.05, 3.63) is 15.6 Å². The van der Waals surface area contributed by atoms with Gasteiger partial charge in [-0.05, 0) is 6.42 Å². The maximum atomic E-state index is 14.4. The smallest absolute Gasteiger partial charge is 0.385 e. The van der Waals surface area contributed by atoms with E-state index < -0.39 is 42.6 Å². The molecule has 1 unspecified atom stereocenters. The fourth-order valence-corrected chi connectivity index (χ4v) is 3.49. The number of aromatic nitrogens is 4. The van der Waals surface area contributed by atoms with Gasteiger partial charge in [0, 0.05) is 6.54 Å². The van der Waals surface area contributed by atoms with Crippen LogP contribution in [0, 0.1) is 0 Å². The van der Waals surface area contributed by atoms with E-state index in [0.29, 0.717) is 17.4 Å². The standard InChI is InChI=1S/C15H18ClF4N5O4/c1-2-3-4-24-6-10(16)22-13(21)23-11(6)25(14(24)28)12-7(26)5(17)8(29-12)9(27)15(18,19)20/h5,7-9,12,26-27H,2-4H2,1H3,(H2,21,22,23)/t5-,7-,8+,9?,12-/m1/s1. The number of hydrogen-bond acceptors (Lipinski definition) is 7. The molecule has 0 bridgehead atoms. The molecule has 1 saturated heterocycles. The second-order valence-electron chi connectivity index (χ2n) is 6.62. The zero-order chi connectivity index (χ0) is 21.7. The Hall–Kier alpha value is -1.96. The highest BCUT2D eigenvalue weighted by molar-refractivity contribution is 6.33. The third-order valence-corrected chi connectivity index (χ3v) is 4.90. The number of hydrogen-bond donors (Lipinski definition) is 3. The fourth-order valence-electron chi connectivity index (χ4n) is 3.22. The molecule has 0 spiro atoms. The minimum Gasteiger partial charge on any atom is -0.385 e. The Morgan fingerprint density at radius 3 is 2.62 bits per heavy atom. The summed E-state index contributed by atoms with van der Waals surface area (Å²) in [6, 6.07) is 0. The summed E-state index contributed by atoms with van der Waals surface area (Å²) < 4.78 is 59.6. The van der Waals surface area contributed by atoms with E-state index in [1.165, 1.54) is 0 Å². The number of halogens is 5. The highest BCUT2D eigenvalue weighted by Gasteiger charge is 2.56. The van der Waals surface area contributed by atoms with Crippen LogP contribution in [0.15, 0.2) is 4.79 Å². The molecule has 9 nitrogen and oxygen atoms in total. The van der Waals surface area contributed by atoms with Crippen LogP contribution in [0.5, 0.6) is 0 Å². The molecular weight excluding hydrogens is 426 g/mol. The summed E-state index contributed by atoms with van der Waals surface area (Å²) >= 11 is 6.07. The predicted octanol–water partition coefficient (Wildman–Crippen LogP) is 1.15. The number of rotatable bonds is 5. The van der Waals surface area contributed by atoms with Crippen molar-refractivity contribution in [3.63, 3.8) is 0 Å². The Morgan fingerprint density at radius 1 is 1.38 bits per heavy atom. The van der Waals surface area contributed by atoms with Crippen LogP contribution < -0.4 is 11.4 Å². The molecule has 3 heterocycles. The lowest BCUT2D eigenvalue weighted by Gasteiger charge is -2.22. The molecule has 1 fully saturated rings. The van der Waals surface area contributed by atoms with E-state index in [9.17, 15) is 32.6 Å². The molecule has 29 heavy (non-hydrogen) atoms. The molecule has 0 aromatic carbocycles. The van der Waals surface area contributed by atoms with Crippen LogP contribution in [-0.4, -0.2) is 60.0 Å². The Balaban J connectivity index is 2.14. The Morgan fingerprint density at radius 2 is 2.03 bits per heavy atom. The number of aliphatic hydroxyl groups excluding tert-OH is 2. The average Bonchev–Trinajstić information content (AvgIpc) is 3.06. The van der Waals surface area contributed by atoms with E-state index in [1.807, 2.05) is 6.92 Å². The summed E-state index contributed by atoms with van der Waals surface area (Å²) in [7, 11) is 0. The van der Waals surface area contributed by atoms with Crippen molar-refractivity contribution >= 4 is 28.7 Å². The van der Waals surface area contributed by atoms with Crippen LogP contribution in [0.25, 0.3) is 11.2 Å². The van der Waals surface area contributed by atoms with Gasteiger partial charge in [0.25, 0.3) is 0 Å². The van der Waals surface area contributed by atoms with Crippen LogP contribution in [-0.2, 0) is 11.3 Å². The highest BCUT2D eigenvalue weighted by Crippen LogP contribution is 2.38. The van der Waals surface area contributed by atoms with Crippen LogP contribution in [0.2, 0.25) is 5.15 Å². The molecule has 2 aromatic heterocycles. The summed E-state index contributed by atoms with van der Waals surface area (Å²) in [5.41, 5.74) is 4.48. The first-order chi connectivity index (χ1) is 13.5. The summed E-state index contributed by atoms with van der Waals surface area (Å²) in [6.45, 7) is 2.02. The number of ether oxygens (including phenoxy) is 1. The maximum Gasteiger partial charge on any atom is 0.417 e. The highest BCUT2D eigenvalue weighted by atomic mass is 35.5. The number of anilines is 1. The minimum atomic E-state index is -5.19. The van der Waals surface area contributed by atoms with E-state index in [0.717, 1.165) is 4.57 Å². The first kappa shape index (κ1) is 21.7. The van der Waals surface area contributed by atoms with E-state index in [4.69, 9.17) is 22.1 Å². The Kier molecular flexibility index (Phi) is 5.77. The maximum absolute atomic E-state index is 14.4. The molecule has 162 valence electrons. The first-order valence-electron chi connectivity index (χ1n) is 8.65. The Bertz CT molecular complexity index is 965. The van der Waals surface area contributed by atoms with Gasteiger partial charge in [-0.2, -0.15) is 23.1 Å². The number of nitrogen functional groups attached to an aromatic ring is 1. The second kappa shape index (κ2) is 7.70. The summed E-state index contributed by atoms with van der Waals surface area (Å²) in [6.07, 6.45) is -16.3. The molecule has 5 atom stereocenters. The SMILES string of the molecule is CCCCn1c(=O)n([C@@H]2O[C@H](C(O)C(F)(F)F)[C@H](F)[C@H]2O)c2nc(N)nc(Cl)c21. The molecule has 3 rings (SSSR count). The minimum absolute atomic E-state index is 0.0188. The van der Waals surface area contributed by atoms with E-state index in [-0.39, 0.29) is 28.8 Å². The van der Waals surface area contributed by atoms with Crippen LogP contribution in [0.1, 0.15) is 26.0 Å². The van der Waals surface area contributed by atoms with Gasteiger partial charge in [0.05, 0.1) is 0 Å². The van der Waals surface area contributed by atoms with Gasteiger partial charge >= 0.3 is 11.9 Å². The monoisotopic (exact) mass is 443 g/mol. The van der Waals surface area contributed by atoms with Crippen molar-refractivity contribution < 1.29 is 32.5 Å². The van der Waals surface area contributed by atoms with Gasteiger partial charge in [-0.25, -0.2) is 13.8 Å². The molecule has 0 aliphatic carbocycles. The van der Waals surface area contributed by atoms with Crippen molar-refractivity contribution in [1.29, 1.82) is 0 Å². The lowest BCUT2D eigenvalue weighted by molar-refractivity contribution is -0.241. The third-order valence-electron chi connectivity index (χ3n) is 4.64. The van der Waals surface area contributed by atoms with Gasteiger partial charge in [0.2, 0.25) is 5.95 Å². The van der Waals surface area contributed by atoms with Crippen LogP contribution >= 0.6 is 11.6 Å². The molecular formula is C15H18ClF4N5O4. The summed E-state index contributed by atoms with van der Waals surface area (Å²) in [5, 5.41) is 19.3. The third kappa shape index (κ3) is 3.67. The van der Waals surface area contributed by atoms with Crippen molar-refractivity contribution in [2.45, 2.75) is 63.2 Å². The predicted molar refractivity (Wildman–Crippen MR) is 93.0 cm³/mol. The number of nitrogens with zero attached hydrogens (tertiary/aromatic N) is 4. The number of aliphatic hydroxyl groups is 2. The van der Waals surface area contributed by atoms with Crippen LogP contribution in [0.4, 0.5) is 23.5 Å². The lowest BCUT2D eigenvalue weighted by atomic mass is 10.1. The van der Waals surface area contributed by atoms with Crippen molar-refractivity contribution in [3.8, 4) is 0 Å². The first-order valence-corrected chi connectivity index (χ1v) is 9.03. The normalized spacial score (nSPS) is 26.3. The Labute approximate surface area is 165 Å². The zero-order valence-corrected chi connectivity index (χ0v) is 15.7.